The summed E-state index contributed by atoms with van der Waals surface area (Å²) in [6, 6.07) is 21.5. The first-order valence-electron chi connectivity index (χ1n) is 15.4. The van der Waals surface area contributed by atoms with E-state index in [0.29, 0.717) is 26.3 Å². The number of thiophene rings is 1. The third-order valence-electron chi connectivity index (χ3n) is 7.18. The lowest BCUT2D eigenvalue weighted by molar-refractivity contribution is 0.0373. The van der Waals surface area contributed by atoms with Crippen LogP contribution < -0.4 is 5.32 Å². The van der Waals surface area contributed by atoms with Crippen molar-refractivity contribution in [2.24, 2.45) is 0 Å². The Labute approximate surface area is 271 Å². The molecule has 10 heteroatoms. The first-order valence-corrected chi connectivity index (χ1v) is 16.2. The molecule has 0 saturated carbocycles. The second-order valence-corrected chi connectivity index (χ2v) is 11.5. The predicted octanol–water partition coefficient (Wildman–Crippen LogP) is 5.81. The lowest BCUT2D eigenvalue weighted by Gasteiger charge is -2.38. The molecule has 2 aromatic carbocycles. The lowest BCUT2D eigenvalue weighted by Crippen LogP contribution is -2.54. The molecule has 2 aliphatic rings. The average molecular weight is 631 g/mol. The van der Waals surface area contributed by atoms with Gasteiger partial charge in [-0.1, -0.05) is 74.9 Å². The van der Waals surface area contributed by atoms with Gasteiger partial charge in [-0.2, -0.15) is 0 Å². The van der Waals surface area contributed by atoms with Crippen molar-refractivity contribution in [1.82, 2.24) is 24.7 Å². The van der Waals surface area contributed by atoms with Gasteiger partial charge in [0.05, 0.1) is 23.4 Å². The standard InChI is InChI=1S/C29H32N6O2S.C3H8.C2H2.CH4O/c36-29(35-14-16-37-17-15-35)34-12-10-33(11-13-34)20-23-6-8-24(9-7-23)26-18-25-27(38-26)28(32-21-31-25)30-19-22-4-2-1-3-5-22;1-3-2;2*1-2/h1-9,18,21H,10-17,19-20H2,(H,30,31,32);3H2,1-2H3;1-2H;2H,1H3. The monoisotopic (exact) mass is 630 g/mol. The zero-order valence-corrected chi connectivity index (χ0v) is 27.5. The molecule has 2 aromatic heterocycles. The van der Waals surface area contributed by atoms with Gasteiger partial charge in [0.1, 0.15) is 12.1 Å². The fourth-order valence-corrected chi connectivity index (χ4v) is 6.07. The predicted molar refractivity (Wildman–Crippen MR) is 185 cm³/mol. The van der Waals surface area contributed by atoms with Gasteiger partial charge in [0.2, 0.25) is 0 Å². The Bertz CT molecular complexity index is 1430. The van der Waals surface area contributed by atoms with Gasteiger partial charge in [-0.05, 0) is 22.8 Å². The molecule has 0 aliphatic carbocycles. The molecule has 0 radical (unpaired) electrons. The van der Waals surface area contributed by atoms with Gasteiger partial charge in [-0.3, -0.25) is 4.90 Å². The van der Waals surface area contributed by atoms with Crippen molar-refractivity contribution in [3.63, 3.8) is 0 Å². The summed E-state index contributed by atoms with van der Waals surface area (Å²) in [5, 5.41) is 10.5. The Morgan fingerprint density at radius 3 is 2.16 bits per heavy atom. The van der Waals surface area contributed by atoms with E-state index in [2.05, 4.69) is 89.3 Å². The number of anilines is 1. The minimum absolute atomic E-state index is 0.156. The highest BCUT2D eigenvalue weighted by Crippen LogP contribution is 2.36. The van der Waals surface area contributed by atoms with E-state index in [1.807, 2.05) is 28.0 Å². The van der Waals surface area contributed by atoms with Crippen LogP contribution in [0.4, 0.5) is 10.6 Å². The van der Waals surface area contributed by atoms with Crippen molar-refractivity contribution >= 4 is 33.4 Å². The van der Waals surface area contributed by atoms with Crippen LogP contribution in [0.1, 0.15) is 31.4 Å². The van der Waals surface area contributed by atoms with E-state index >= 15 is 0 Å². The molecule has 0 bridgehead atoms. The van der Waals surface area contributed by atoms with Crippen molar-refractivity contribution in [3.8, 4) is 23.3 Å². The van der Waals surface area contributed by atoms with E-state index in [1.165, 1.54) is 28.0 Å². The molecule has 2 saturated heterocycles. The molecule has 6 rings (SSSR count). The van der Waals surface area contributed by atoms with Gasteiger partial charge in [0.15, 0.2) is 0 Å². The second kappa shape index (κ2) is 19.4. The van der Waals surface area contributed by atoms with Crippen LogP contribution in [0.2, 0.25) is 0 Å². The van der Waals surface area contributed by atoms with E-state index in [0.717, 1.165) is 62.4 Å². The maximum absolute atomic E-state index is 12.7. The molecule has 9 nitrogen and oxygen atoms in total. The molecule has 0 spiro atoms. The van der Waals surface area contributed by atoms with E-state index in [1.54, 1.807) is 17.7 Å². The van der Waals surface area contributed by atoms with Crippen LogP contribution in [0.3, 0.4) is 0 Å². The number of amides is 2. The zero-order valence-electron chi connectivity index (χ0n) is 26.7. The highest BCUT2D eigenvalue weighted by atomic mass is 32.1. The minimum atomic E-state index is 0.156. The van der Waals surface area contributed by atoms with E-state index in [4.69, 9.17) is 9.84 Å². The molecular weight excluding hydrogens is 584 g/mol. The van der Waals surface area contributed by atoms with Gasteiger partial charge >= 0.3 is 6.03 Å². The molecule has 2 amide bonds. The first-order chi connectivity index (χ1) is 22.1. The maximum Gasteiger partial charge on any atom is 0.320 e. The van der Waals surface area contributed by atoms with Crippen molar-refractivity contribution in [2.75, 3.05) is 64.9 Å². The summed E-state index contributed by atoms with van der Waals surface area (Å²) in [4.78, 5) is 29.3. The number of piperazine rings is 1. The van der Waals surface area contributed by atoms with Crippen LogP contribution in [0, 0.1) is 12.8 Å². The molecular formula is C35H46N6O3S. The third-order valence-corrected chi connectivity index (χ3v) is 8.36. The summed E-state index contributed by atoms with van der Waals surface area (Å²) >= 11 is 1.72. The summed E-state index contributed by atoms with van der Waals surface area (Å²) in [5.74, 6) is 0.873. The number of aliphatic hydroxyl groups excluding tert-OH is 1. The number of aromatic nitrogens is 2. The summed E-state index contributed by atoms with van der Waals surface area (Å²) in [6.07, 6.45) is 10.9. The quantitative estimate of drug-likeness (QED) is 0.260. The van der Waals surface area contributed by atoms with E-state index < -0.39 is 0 Å². The number of rotatable bonds is 6. The number of nitrogens with zero attached hydrogens (tertiary/aromatic N) is 5. The van der Waals surface area contributed by atoms with Crippen LogP contribution in [-0.4, -0.2) is 95.4 Å². The van der Waals surface area contributed by atoms with E-state index in [-0.39, 0.29) is 6.03 Å². The second-order valence-electron chi connectivity index (χ2n) is 10.4. The van der Waals surface area contributed by atoms with Crippen LogP contribution in [-0.2, 0) is 17.8 Å². The number of hydrogen-bond donors (Lipinski definition) is 2. The highest BCUT2D eigenvalue weighted by Gasteiger charge is 2.26. The number of benzene rings is 2. The fraction of sp³-hybridized carbons (Fsp3) is 0.400. The van der Waals surface area contributed by atoms with Gasteiger partial charge in [-0.15, -0.1) is 24.2 Å². The number of carbonyl (C=O) groups is 1. The van der Waals surface area contributed by atoms with Gasteiger partial charge in [0.25, 0.3) is 0 Å². The van der Waals surface area contributed by atoms with Gasteiger partial charge in [0, 0.05) is 64.3 Å². The fourth-order valence-electron chi connectivity index (χ4n) is 4.99. The van der Waals surface area contributed by atoms with Crippen LogP contribution in [0.5, 0.6) is 0 Å². The molecule has 0 atom stereocenters. The Hall–Kier alpha value is -4.01. The maximum atomic E-state index is 12.7. The SMILES string of the molecule is C#C.CCC.CO.O=C(N1CCOCC1)N1CCN(Cc2ccc(-c3cc4ncnc(NCc5ccccc5)c4s3)cc2)CC1. The number of terminal acetylenes is 1. The Kier molecular flexibility index (Phi) is 15.3. The van der Waals surface area contributed by atoms with Crippen molar-refractivity contribution < 1.29 is 14.6 Å². The Balaban J connectivity index is 0.000000733. The topological polar surface area (TPSA) is 94.1 Å². The van der Waals surface area contributed by atoms with Crippen molar-refractivity contribution in [2.45, 2.75) is 33.4 Å². The number of nitrogens with one attached hydrogen (secondary N) is 1. The molecule has 45 heavy (non-hydrogen) atoms. The molecule has 2 fully saturated rings. The summed E-state index contributed by atoms with van der Waals surface area (Å²) < 4.78 is 6.45. The van der Waals surface area contributed by atoms with Crippen molar-refractivity contribution in [3.05, 3.63) is 78.1 Å². The molecule has 0 unspecified atom stereocenters. The molecule has 2 N–H and O–H groups in total. The summed E-state index contributed by atoms with van der Waals surface area (Å²) in [6.45, 7) is 11.9. The number of fused-ring (bicyclic) bond motifs is 1. The average Bonchev–Trinajstić information content (AvgIpc) is 3.56. The minimum Gasteiger partial charge on any atom is -0.400 e. The number of ether oxygens (including phenoxy) is 1. The summed E-state index contributed by atoms with van der Waals surface area (Å²) in [5.41, 5.74) is 4.65. The molecule has 4 heterocycles. The first kappa shape index (κ1) is 35.5. The normalized spacial score (nSPS) is 14.6. The zero-order chi connectivity index (χ0) is 32.4. The number of morpholine rings is 1. The Morgan fingerprint density at radius 2 is 1.51 bits per heavy atom. The molecule has 240 valence electrons. The van der Waals surface area contributed by atoms with Crippen molar-refractivity contribution in [1.29, 1.82) is 0 Å². The van der Waals surface area contributed by atoms with Gasteiger partial charge < -0.3 is 25.0 Å². The highest BCUT2D eigenvalue weighted by molar-refractivity contribution is 7.22. The molecule has 2 aliphatic heterocycles. The smallest absolute Gasteiger partial charge is 0.320 e. The Morgan fingerprint density at radius 1 is 0.889 bits per heavy atom. The number of urea groups is 1. The summed E-state index contributed by atoms with van der Waals surface area (Å²) in [7, 11) is 1.00. The number of hydrogen-bond acceptors (Lipinski definition) is 8. The van der Waals surface area contributed by atoms with Gasteiger partial charge in [-0.25, -0.2) is 14.8 Å². The van der Waals surface area contributed by atoms with Crippen LogP contribution >= 0.6 is 11.3 Å². The third kappa shape index (κ3) is 10.3. The lowest BCUT2D eigenvalue weighted by atomic mass is 10.1. The molecule has 4 aromatic rings. The van der Waals surface area contributed by atoms with Crippen LogP contribution in [0.15, 0.2) is 67.0 Å². The van der Waals surface area contributed by atoms with Crippen LogP contribution in [0.25, 0.3) is 20.7 Å². The van der Waals surface area contributed by atoms with E-state index in [9.17, 15) is 4.79 Å². The number of carbonyl (C=O) groups excluding carboxylic acids is 1. The largest absolute Gasteiger partial charge is 0.400 e. The number of aliphatic hydroxyl groups is 1.